The summed E-state index contributed by atoms with van der Waals surface area (Å²) < 4.78 is 9.91. The van der Waals surface area contributed by atoms with Crippen LogP contribution in [0.4, 0.5) is 11.5 Å². The van der Waals surface area contributed by atoms with Gasteiger partial charge in [0, 0.05) is 33.4 Å². The van der Waals surface area contributed by atoms with E-state index in [9.17, 15) is 14.9 Å². The second-order valence-corrected chi connectivity index (χ2v) is 4.07. The van der Waals surface area contributed by atoms with E-state index in [-0.39, 0.29) is 17.2 Å². The molecule has 0 spiro atoms. The Morgan fingerprint density at radius 1 is 1.33 bits per heavy atom. The first-order valence-electron chi connectivity index (χ1n) is 6.12. The second-order valence-electron chi connectivity index (χ2n) is 4.07. The van der Waals surface area contributed by atoms with Crippen LogP contribution >= 0.6 is 0 Å². The van der Waals surface area contributed by atoms with Gasteiger partial charge in [-0.2, -0.15) is 0 Å². The number of anilines is 1. The smallest absolute Gasteiger partial charge is 0.354 e. The van der Waals surface area contributed by atoms with Gasteiger partial charge in [0.1, 0.15) is 0 Å². The molecule has 0 bridgehead atoms. The number of hydrogen-bond donors (Lipinski definition) is 1. The second kappa shape index (κ2) is 8.12. The average molecular weight is 299 g/mol. The topological polar surface area (TPSA) is 115 Å². The van der Waals surface area contributed by atoms with E-state index in [1.54, 1.807) is 4.90 Å². The highest BCUT2D eigenvalue weighted by Gasteiger charge is 2.23. The van der Waals surface area contributed by atoms with Gasteiger partial charge in [0.25, 0.3) is 0 Å². The van der Waals surface area contributed by atoms with E-state index < -0.39 is 10.9 Å². The number of carboxylic acid groups (broad SMARTS) is 1. The molecule has 1 rings (SSSR count). The molecule has 0 radical (unpaired) electrons. The molecular weight excluding hydrogens is 282 g/mol. The van der Waals surface area contributed by atoms with Crippen molar-refractivity contribution >= 4 is 17.5 Å². The molecule has 0 aliphatic heterocycles. The Labute approximate surface area is 121 Å². The SMILES string of the molecule is COCCN(CCOC)c1nc(C(=O)O)ccc1[N+](=O)[O-]. The number of aromatic carboxylic acids is 1. The maximum atomic E-state index is 11.1. The molecule has 0 saturated carbocycles. The fraction of sp³-hybridized carbons (Fsp3) is 0.500. The Balaban J connectivity index is 3.19. The minimum atomic E-state index is -1.25. The van der Waals surface area contributed by atoms with Crippen molar-refractivity contribution in [2.45, 2.75) is 0 Å². The molecule has 0 aromatic carbocycles. The van der Waals surface area contributed by atoms with Crippen LogP contribution in [0.3, 0.4) is 0 Å². The van der Waals surface area contributed by atoms with Gasteiger partial charge in [-0.15, -0.1) is 0 Å². The zero-order valence-electron chi connectivity index (χ0n) is 11.8. The third-order valence-electron chi connectivity index (χ3n) is 2.70. The van der Waals surface area contributed by atoms with E-state index in [0.717, 1.165) is 12.1 Å². The van der Waals surface area contributed by atoms with Gasteiger partial charge in [-0.25, -0.2) is 9.78 Å². The molecule has 0 atom stereocenters. The minimum Gasteiger partial charge on any atom is -0.477 e. The summed E-state index contributed by atoms with van der Waals surface area (Å²) in [5.74, 6) is -1.25. The molecule has 21 heavy (non-hydrogen) atoms. The molecular formula is C12H17N3O6. The predicted molar refractivity (Wildman–Crippen MR) is 73.8 cm³/mol. The summed E-state index contributed by atoms with van der Waals surface area (Å²) in [6.07, 6.45) is 0. The summed E-state index contributed by atoms with van der Waals surface area (Å²) in [5.41, 5.74) is -0.511. The largest absolute Gasteiger partial charge is 0.477 e. The predicted octanol–water partition coefficient (Wildman–Crippen LogP) is 0.787. The number of aromatic nitrogens is 1. The molecule has 9 nitrogen and oxygen atoms in total. The van der Waals surface area contributed by atoms with Gasteiger partial charge < -0.3 is 19.5 Å². The standard InChI is InChI=1S/C12H17N3O6/c1-20-7-5-14(6-8-21-2)11-10(15(18)19)4-3-9(13-11)12(16)17/h3-4H,5-8H2,1-2H3,(H,16,17). The Morgan fingerprint density at radius 2 is 1.90 bits per heavy atom. The molecule has 0 fully saturated rings. The normalized spacial score (nSPS) is 10.4. The van der Waals surface area contributed by atoms with Crippen molar-refractivity contribution in [3.8, 4) is 0 Å². The van der Waals surface area contributed by atoms with Crippen LogP contribution in [0.2, 0.25) is 0 Å². The van der Waals surface area contributed by atoms with Gasteiger partial charge in [-0.1, -0.05) is 0 Å². The summed E-state index contributed by atoms with van der Waals surface area (Å²) in [4.78, 5) is 26.9. The molecule has 1 N–H and O–H groups in total. The lowest BCUT2D eigenvalue weighted by Crippen LogP contribution is -2.32. The summed E-state index contributed by atoms with van der Waals surface area (Å²) in [6, 6.07) is 2.24. The highest BCUT2D eigenvalue weighted by Crippen LogP contribution is 2.26. The molecule has 116 valence electrons. The number of carboxylic acids is 1. The van der Waals surface area contributed by atoms with Gasteiger partial charge in [0.05, 0.1) is 18.1 Å². The highest BCUT2D eigenvalue weighted by molar-refractivity contribution is 5.86. The minimum absolute atomic E-state index is 0.00556. The number of ether oxygens (including phenoxy) is 2. The van der Waals surface area contributed by atoms with Crippen molar-refractivity contribution in [2.75, 3.05) is 45.4 Å². The molecule has 1 aromatic heterocycles. The van der Waals surface area contributed by atoms with Crippen molar-refractivity contribution in [3.05, 3.63) is 27.9 Å². The van der Waals surface area contributed by atoms with Gasteiger partial charge in [-0.3, -0.25) is 10.1 Å². The summed E-state index contributed by atoms with van der Waals surface area (Å²) >= 11 is 0. The van der Waals surface area contributed by atoms with Gasteiger partial charge in [0.15, 0.2) is 5.69 Å². The van der Waals surface area contributed by atoms with E-state index >= 15 is 0 Å². The van der Waals surface area contributed by atoms with Crippen LogP contribution in [0.5, 0.6) is 0 Å². The lowest BCUT2D eigenvalue weighted by molar-refractivity contribution is -0.384. The monoisotopic (exact) mass is 299 g/mol. The van der Waals surface area contributed by atoms with Crippen LogP contribution in [0, 0.1) is 10.1 Å². The zero-order chi connectivity index (χ0) is 15.8. The van der Waals surface area contributed by atoms with Crippen molar-refractivity contribution in [1.29, 1.82) is 0 Å². The van der Waals surface area contributed by atoms with Gasteiger partial charge in [-0.05, 0) is 6.07 Å². The number of carbonyl (C=O) groups is 1. The highest BCUT2D eigenvalue weighted by atomic mass is 16.6. The molecule has 0 saturated heterocycles. The Kier molecular flexibility index (Phi) is 6.50. The van der Waals surface area contributed by atoms with Crippen molar-refractivity contribution in [1.82, 2.24) is 4.98 Å². The van der Waals surface area contributed by atoms with E-state index in [4.69, 9.17) is 14.6 Å². The number of rotatable bonds is 9. The van der Waals surface area contributed by atoms with Gasteiger partial charge in [0.2, 0.25) is 5.82 Å². The van der Waals surface area contributed by atoms with Crippen molar-refractivity contribution in [2.24, 2.45) is 0 Å². The van der Waals surface area contributed by atoms with Crippen LogP contribution in [0.15, 0.2) is 12.1 Å². The van der Waals surface area contributed by atoms with Crippen LogP contribution in [0.1, 0.15) is 10.5 Å². The fourth-order valence-corrected chi connectivity index (χ4v) is 1.66. The Bertz CT molecular complexity index is 500. The van der Waals surface area contributed by atoms with E-state index in [0.29, 0.717) is 26.3 Å². The lowest BCUT2D eigenvalue weighted by atomic mass is 10.3. The number of nitrogens with zero attached hydrogens (tertiary/aromatic N) is 3. The van der Waals surface area contributed by atoms with E-state index in [1.165, 1.54) is 14.2 Å². The number of nitro groups is 1. The number of methoxy groups -OCH3 is 2. The first kappa shape index (κ1) is 16.8. The summed E-state index contributed by atoms with van der Waals surface area (Å²) in [7, 11) is 3.01. The molecule has 1 heterocycles. The van der Waals surface area contributed by atoms with Crippen molar-refractivity contribution in [3.63, 3.8) is 0 Å². The maximum absolute atomic E-state index is 11.1. The Hall–Kier alpha value is -2.26. The average Bonchev–Trinajstić information content (AvgIpc) is 2.46. The first-order chi connectivity index (χ1) is 10.0. The maximum Gasteiger partial charge on any atom is 0.354 e. The van der Waals surface area contributed by atoms with Crippen LogP contribution in [-0.2, 0) is 9.47 Å². The zero-order valence-corrected chi connectivity index (χ0v) is 11.8. The molecule has 0 aliphatic rings. The van der Waals surface area contributed by atoms with Crippen LogP contribution in [0.25, 0.3) is 0 Å². The molecule has 0 aliphatic carbocycles. The Morgan fingerprint density at radius 3 is 2.33 bits per heavy atom. The number of hydrogen-bond acceptors (Lipinski definition) is 7. The third-order valence-corrected chi connectivity index (χ3v) is 2.70. The van der Waals surface area contributed by atoms with Crippen LogP contribution < -0.4 is 4.90 Å². The van der Waals surface area contributed by atoms with E-state index in [1.807, 2.05) is 0 Å². The van der Waals surface area contributed by atoms with Crippen molar-refractivity contribution < 1.29 is 24.3 Å². The molecule has 9 heteroatoms. The van der Waals surface area contributed by atoms with Gasteiger partial charge >= 0.3 is 11.7 Å². The summed E-state index contributed by atoms with van der Waals surface area (Å²) in [5, 5.41) is 20.1. The number of pyridine rings is 1. The first-order valence-corrected chi connectivity index (χ1v) is 6.12. The summed E-state index contributed by atoms with van der Waals surface area (Å²) in [6.45, 7) is 1.30. The molecule has 0 unspecified atom stereocenters. The quantitative estimate of drug-likeness (QED) is 0.525. The van der Waals surface area contributed by atoms with E-state index in [2.05, 4.69) is 4.98 Å². The molecule has 1 aromatic rings. The lowest BCUT2D eigenvalue weighted by Gasteiger charge is -2.22. The molecule has 0 amide bonds. The third kappa shape index (κ3) is 4.65. The van der Waals surface area contributed by atoms with Crippen LogP contribution in [-0.4, -0.2) is 61.5 Å². The fourth-order valence-electron chi connectivity index (χ4n) is 1.66.